The fourth-order valence-electron chi connectivity index (χ4n) is 6.50. The second-order valence-corrected chi connectivity index (χ2v) is 20.5. The van der Waals surface area contributed by atoms with Crippen molar-refractivity contribution < 1.29 is 108 Å². The van der Waals surface area contributed by atoms with Crippen molar-refractivity contribution in [3.8, 4) is 11.5 Å². The molecule has 0 fully saturated rings. The van der Waals surface area contributed by atoms with E-state index in [-0.39, 0.29) is 12.2 Å². The molecule has 2 aromatic rings. The number of anilines is 1. The van der Waals surface area contributed by atoms with E-state index in [0.29, 0.717) is 17.0 Å². The number of ether oxygens (including phenoxy) is 3. The summed E-state index contributed by atoms with van der Waals surface area (Å²) < 4.78 is 258. The van der Waals surface area contributed by atoms with Gasteiger partial charge in [0.15, 0.2) is 8.32 Å². The number of benzene rings is 2. The lowest BCUT2D eigenvalue weighted by Crippen LogP contribution is -2.74. The molecular weight excluding hydrogens is 959 g/mol. The smallest absolute Gasteiger partial charge is 0.460 e. The van der Waals surface area contributed by atoms with Gasteiger partial charge < -0.3 is 18.6 Å². The molecule has 0 saturated carbocycles. The van der Waals surface area contributed by atoms with E-state index in [1.165, 1.54) is 82.8 Å². The predicted molar refractivity (Wildman–Crippen MR) is 203 cm³/mol. The van der Waals surface area contributed by atoms with Crippen LogP contribution in [-0.2, 0) is 14.0 Å². The van der Waals surface area contributed by atoms with Crippen molar-refractivity contribution in [3.05, 3.63) is 66.2 Å². The van der Waals surface area contributed by atoms with Crippen molar-refractivity contribution in [1.29, 1.82) is 0 Å². The normalized spacial score (nSPS) is 14.9. The van der Waals surface area contributed by atoms with Gasteiger partial charge in [-0.2, -0.15) is 74.6 Å². The van der Waals surface area contributed by atoms with Crippen molar-refractivity contribution in [2.45, 2.75) is 118 Å². The van der Waals surface area contributed by atoms with Crippen LogP contribution >= 0.6 is 0 Å². The van der Waals surface area contributed by atoms with Gasteiger partial charge in [-0.05, 0) is 65.5 Å². The summed E-state index contributed by atoms with van der Waals surface area (Å²) in [5.74, 6) is -57.6. The lowest BCUT2D eigenvalue weighted by Gasteiger charge is -2.44. The number of hydrogen-bond donors (Lipinski definition) is 3. The average Bonchev–Trinajstić information content (AvgIpc) is 3.21. The average molecular weight is 1000 g/mol. The number of alkyl halides is 17. The molecule has 0 aliphatic heterocycles. The van der Waals surface area contributed by atoms with Crippen LogP contribution in [0.3, 0.4) is 0 Å². The first-order chi connectivity index (χ1) is 30.0. The summed E-state index contributed by atoms with van der Waals surface area (Å²) in [6.07, 6.45) is -9.73. The second-order valence-electron chi connectivity index (χ2n) is 15.4. The standard InChI is InChI=1S/C39H45F17N2O7Si/c1-22(2)66(23(3)4,21-18-32(40,41)33(42,43)34(44,45)35(46,47)36(48,49)37(50,51)38(52,53)39(54,55)56)64-20-19-63-28-14-10-25(11-15-28)30(24(5)8-7-9-29(59)58-61)65-31(60)57-26-12-16-27(62-6)17-13-26/h7,9-17,22-24,30,61H,8,18-21H2,1-6H3,(H,57,60)(H,58,59)/b9-7+/t24-,30-/m0/s1. The zero-order chi connectivity index (χ0) is 51.1. The summed E-state index contributed by atoms with van der Waals surface area (Å²) in [6.45, 7) is 5.92. The summed E-state index contributed by atoms with van der Waals surface area (Å²) in [5.41, 5.74) is 0.348. The Morgan fingerprint density at radius 1 is 0.667 bits per heavy atom. The third-order valence-corrected chi connectivity index (χ3v) is 16.2. The molecule has 0 unspecified atom stereocenters. The monoisotopic (exact) mass is 1000 g/mol. The molecule has 27 heteroatoms. The fourth-order valence-corrected chi connectivity index (χ4v) is 11.0. The Hall–Kier alpha value is -4.53. The van der Waals surface area contributed by atoms with Crippen LogP contribution in [0.15, 0.2) is 60.7 Å². The SMILES string of the molecule is COc1ccc(NC(=O)O[C@H](c2ccc(OCCO[Si](CCC(F)(F)C(F)(F)C(F)(F)C(F)(F)C(F)(F)C(F)(F)C(F)(F)C(F)(F)F)(C(C)C)C(C)C)cc2)[C@@H](C)C/C=C/C(=O)NO)cc1. The summed E-state index contributed by atoms with van der Waals surface area (Å²) in [6, 6.07) is 10.5. The van der Waals surface area contributed by atoms with Gasteiger partial charge in [-0.25, -0.2) is 10.3 Å². The number of nitrogens with one attached hydrogen (secondary N) is 2. The highest BCUT2D eigenvalue weighted by molar-refractivity contribution is 6.76. The molecule has 3 N–H and O–H groups in total. The number of halogens is 17. The minimum Gasteiger partial charge on any atom is -0.497 e. The third kappa shape index (κ3) is 11.8. The summed E-state index contributed by atoms with van der Waals surface area (Å²) in [7, 11) is -2.59. The number of carbonyl (C=O) groups is 2. The molecular formula is C39H45F17N2O7Si. The molecule has 9 nitrogen and oxygen atoms in total. The largest absolute Gasteiger partial charge is 0.497 e. The minimum absolute atomic E-state index is 0.0991. The van der Waals surface area contributed by atoms with Gasteiger partial charge in [-0.15, -0.1) is 0 Å². The van der Waals surface area contributed by atoms with Crippen LogP contribution in [0.5, 0.6) is 11.5 Å². The Kier molecular flexibility index (Phi) is 18.5. The molecule has 0 heterocycles. The van der Waals surface area contributed by atoms with Crippen molar-refractivity contribution >= 4 is 26.0 Å². The van der Waals surface area contributed by atoms with Gasteiger partial charge in [0, 0.05) is 24.1 Å². The highest BCUT2D eigenvalue weighted by atomic mass is 28.4. The van der Waals surface area contributed by atoms with E-state index in [0.717, 1.165) is 6.08 Å². The van der Waals surface area contributed by atoms with Crippen LogP contribution in [0.4, 0.5) is 85.1 Å². The van der Waals surface area contributed by atoms with E-state index in [4.69, 9.17) is 23.8 Å². The topological polar surface area (TPSA) is 115 Å². The first kappa shape index (κ1) is 57.6. The molecule has 66 heavy (non-hydrogen) atoms. The lowest BCUT2D eigenvalue weighted by atomic mass is 9.88. The molecule has 2 amide bonds. The molecule has 0 spiro atoms. The van der Waals surface area contributed by atoms with E-state index in [9.17, 15) is 84.2 Å². The van der Waals surface area contributed by atoms with E-state index >= 15 is 0 Å². The molecule has 0 aliphatic carbocycles. The minimum atomic E-state index is -8.71. The second kappa shape index (κ2) is 21.2. The highest BCUT2D eigenvalue weighted by Gasteiger charge is 2.95. The number of carbonyl (C=O) groups excluding carboxylic acids is 2. The zero-order valence-electron chi connectivity index (χ0n) is 35.4. The fraction of sp³-hybridized carbons (Fsp3) is 0.590. The van der Waals surface area contributed by atoms with Crippen molar-refractivity contribution in [2.75, 3.05) is 25.6 Å². The molecule has 0 aromatic heterocycles. The van der Waals surface area contributed by atoms with Crippen LogP contribution < -0.4 is 20.3 Å². The van der Waals surface area contributed by atoms with Crippen molar-refractivity contribution in [1.82, 2.24) is 5.48 Å². The molecule has 0 aliphatic rings. The van der Waals surface area contributed by atoms with Gasteiger partial charge >= 0.3 is 53.7 Å². The number of hydroxylamine groups is 1. The molecule has 0 radical (unpaired) electrons. The van der Waals surface area contributed by atoms with E-state index < -0.39 is 117 Å². The number of amides is 2. The maximum atomic E-state index is 15.0. The van der Waals surface area contributed by atoms with E-state index in [2.05, 4.69) is 5.32 Å². The number of methoxy groups -OCH3 is 1. The lowest BCUT2D eigenvalue weighted by molar-refractivity contribution is -0.461. The van der Waals surface area contributed by atoms with Gasteiger partial charge in [-0.3, -0.25) is 15.3 Å². The Morgan fingerprint density at radius 2 is 1.14 bits per heavy atom. The van der Waals surface area contributed by atoms with Crippen LogP contribution in [0.1, 0.15) is 59.1 Å². The molecule has 2 atom stereocenters. The molecule has 376 valence electrons. The van der Waals surface area contributed by atoms with Crippen LogP contribution in [0.25, 0.3) is 0 Å². The highest BCUT2D eigenvalue weighted by Crippen LogP contribution is 2.64. The molecule has 2 rings (SSSR count). The molecule has 0 bridgehead atoms. The quantitative estimate of drug-likeness (QED) is 0.0240. The van der Waals surface area contributed by atoms with Crippen LogP contribution in [0.2, 0.25) is 17.1 Å². The van der Waals surface area contributed by atoms with E-state index in [1.807, 2.05) is 0 Å². The number of rotatable bonds is 24. The third-order valence-electron chi connectivity index (χ3n) is 10.5. The zero-order valence-corrected chi connectivity index (χ0v) is 36.4. The summed E-state index contributed by atoms with van der Waals surface area (Å²) >= 11 is 0. The van der Waals surface area contributed by atoms with Crippen LogP contribution in [-0.4, -0.2) is 93.5 Å². The first-order valence-electron chi connectivity index (χ1n) is 19.3. The maximum absolute atomic E-state index is 15.0. The molecule has 0 saturated heterocycles. The van der Waals surface area contributed by atoms with Gasteiger partial charge in [0.2, 0.25) is 0 Å². The summed E-state index contributed by atoms with van der Waals surface area (Å²) in [5, 5.41) is 11.3. The van der Waals surface area contributed by atoms with Gasteiger partial charge in [0.1, 0.15) is 24.2 Å². The molecule has 2 aromatic carbocycles. The first-order valence-corrected chi connectivity index (χ1v) is 21.5. The number of allylic oxidation sites excluding steroid dienone is 1. The van der Waals surface area contributed by atoms with Crippen LogP contribution in [0, 0.1) is 5.92 Å². The van der Waals surface area contributed by atoms with Gasteiger partial charge in [0.05, 0.1) is 13.7 Å². The van der Waals surface area contributed by atoms with Crippen molar-refractivity contribution in [2.24, 2.45) is 5.92 Å². The summed E-state index contributed by atoms with van der Waals surface area (Å²) in [4.78, 5) is 24.3. The Morgan fingerprint density at radius 3 is 1.59 bits per heavy atom. The van der Waals surface area contributed by atoms with E-state index in [1.54, 1.807) is 19.1 Å². The predicted octanol–water partition coefficient (Wildman–Crippen LogP) is 12.6. The van der Waals surface area contributed by atoms with Gasteiger partial charge in [0.25, 0.3) is 5.91 Å². The Bertz CT molecular complexity index is 1920. The van der Waals surface area contributed by atoms with Crippen molar-refractivity contribution in [3.63, 3.8) is 0 Å². The Labute approximate surface area is 367 Å². The maximum Gasteiger partial charge on any atom is 0.460 e. The van der Waals surface area contributed by atoms with Gasteiger partial charge in [-0.1, -0.05) is 52.8 Å². The number of hydrogen-bond acceptors (Lipinski definition) is 7. The Balaban J connectivity index is 2.29.